The molecule has 1 N–H and O–H groups in total. The topological polar surface area (TPSA) is 15.3 Å². The molecule has 0 spiro atoms. The first-order chi connectivity index (χ1) is 10.4. The maximum absolute atomic E-state index is 3.92. The smallest absolute Gasteiger partial charge is 0.0601 e. The number of hydrogen-bond acceptors (Lipinski definition) is 3. The SMILES string of the molecule is CCCNC(c1cccs1)C1(N2CCCCC2)CCCC1. The fourth-order valence-electron chi connectivity index (χ4n) is 4.41. The lowest BCUT2D eigenvalue weighted by Crippen LogP contribution is -2.56. The molecule has 1 aliphatic carbocycles. The van der Waals surface area contributed by atoms with Gasteiger partial charge in [0, 0.05) is 10.4 Å². The second kappa shape index (κ2) is 7.26. The third-order valence-corrected chi connectivity index (χ3v) is 6.36. The molecule has 3 heteroatoms. The lowest BCUT2D eigenvalue weighted by molar-refractivity contribution is 0.0371. The zero-order valence-corrected chi connectivity index (χ0v) is 14.3. The van der Waals surface area contributed by atoms with Crippen molar-refractivity contribution in [2.75, 3.05) is 19.6 Å². The summed E-state index contributed by atoms with van der Waals surface area (Å²) in [7, 11) is 0. The van der Waals surface area contributed by atoms with Crippen molar-refractivity contribution in [1.82, 2.24) is 10.2 Å². The fourth-order valence-corrected chi connectivity index (χ4v) is 5.32. The van der Waals surface area contributed by atoms with Crippen LogP contribution in [0.5, 0.6) is 0 Å². The largest absolute Gasteiger partial charge is 0.308 e. The van der Waals surface area contributed by atoms with E-state index in [1.807, 2.05) is 11.3 Å². The maximum atomic E-state index is 3.92. The Hall–Kier alpha value is -0.380. The molecule has 0 radical (unpaired) electrons. The van der Waals surface area contributed by atoms with Crippen LogP contribution in [-0.4, -0.2) is 30.1 Å². The summed E-state index contributed by atoms with van der Waals surface area (Å²) in [5, 5.41) is 6.17. The zero-order valence-electron chi connectivity index (χ0n) is 13.4. The summed E-state index contributed by atoms with van der Waals surface area (Å²) in [6.45, 7) is 6.05. The standard InChI is InChI=1S/C18H30N2S/c1-2-12-19-17(16-9-8-15-21-16)18(10-4-5-11-18)20-13-6-3-7-14-20/h8-9,15,17,19H,2-7,10-14H2,1H3. The first-order valence-electron chi connectivity index (χ1n) is 8.89. The minimum atomic E-state index is 0.389. The van der Waals surface area contributed by atoms with E-state index in [0.717, 1.165) is 6.54 Å². The predicted octanol–water partition coefficient (Wildman–Crippen LogP) is 4.59. The predicted molar refractivity (Wildman–Crippen MR) is 92.0 cm³/mol. The van der Waals surface area contributed by atoms with Crippen LogP contribution in [0.4, 0.5) is 0 Å². The maximum Gasteiger partial charge on any atom is 0.0601 e. The molecule has 0 amide bonds. The number of hydrogen-bond donors (Lipinski definition) is 1. The van der Waals surface area contributed by atoms with Crippen LogP contribution in [0.2, 0.25) is 0 Å². The molecule has 1 atom stereocenters. The van der Waals surface area contributed by atoms with Gasteiger partial charge in [-0.25, -0.2) is 0 Å². The first kappa shape index (κ1) is 15.5. The van der Waals surface area contributed by atoms with Gasteiger partial charge in [-0.2, -0.15) is 0 Å². The fraction of sp³-hybridized carbons (Fsp3) is 0.778. The number of piperidine rings is 1. The van der Waals surface area contributed by atoms with Crippen LogP contribution >= 0.6 is 11.3 Å². The van der Waals surface area contributed by atoms with Gasteiger partial charge < -0.3 is 5.32 Å². The quantitative estimate of drug-likeness (QED) is 0.827. The number of thiophene rings is 1. The van der Waals surface area contributed by atoms with Crippen LogP contribution in [0.3, 0.4) is 0 Å². The van der Waals surface area contributed by atoms with Crippen molar-refractivity contribution in [3.63, 3.8) is 0 Å². The highest BCUT2D eigenvalue weighted by atomic mass is 32.1. The van der Waals surface area contributed by atoms with Gasteiger partial charge in [-0.15, -0.1) is 11.3 Å². The summed E-state index contributed by atoms with van der Waals surface area (Å²) < 4.78 is 0. The van der Waals surface area contributed by atoms with Crippen LogP contribution in [-0.2, 0) is 0 Å². The van der Waals surface area contributed by atoms with Gasteiger partial charge >= 0.3 is 0 Å². The van der Waals surface area contributed by atoms with Crippen molar-refractivity contribution in [2.45, 2.75) is 69.9 Å². The third kappa shape index (κ3) is 3.20. The molecule has 2 heterocycles. The average Bonchev–Trinajstić information content (AvgIpc) is 3.21. The average molecular weight is 307 g/mol. The van der Waals surface area contributed by atoms with Crippen LogP contribution in [0.25, 0.3) is 0 Å². The number of nitrogens with one attached hydrogen (secondary N) is 1. The van der Waals surface area contributed by atoms with E-state index in [4.69, 9.17) is 0 Å². The summed E-state index contributed by atoms with van der Waals surface area (Å²) in [5.41, 5.74) is 0.389. The lowest BCUT2D eigenvalue weighted by Gasteiger charge is -2.48. The molecule has 21 heavy (non-hydrogen) atoms. The number of rotatable bonds is 6. The zero-order chi connectivity index (χ0) is 14.5. The Labute approximate surface area is 133 Å². The Bertz CT molecular complexity index is 403. The molecule has 2 aliphatic rings. The van der Waals surface area contributed by atoms with E-state index in [9.17, 15) is 0 Å². The van der Waals surface area contributed by atoms with Gasteiger partial charge in [0.05, 0.1) is 6.04 Å². The highest BCUT2D eigenvalue weighted by Gasteiger charge is 2.46. The Morgan fingerprint density at radius 2 is 1.95 bits per heavy atom. The summed E-state index contributed by atoms with van der Waals surface area (Å²) in [6.07, 6.45) is 11.0. The van der Waals surface area contributed by atoms with E-state index >= 15 is 0 Å². The van der Waals surface area contributed by atoms with Gasteiger partial charge in [0.25, 0.3) is 0 Å². The van der Waals surface area contributed by atoms with Crippen molar-refractivity contribution in [2.24, 2.45) is 0 Å². The molecule has 1 aromatic rings. The number of likely N-dealkylation sites (tertiary alicyclic amines) is 1. The summed E-state index contributed by atoms with van der Waals surface area (Å²) >= 11 is 1.94. The second-order valence-electron chi connectivity index (χ2n) is 6.76. The Balaban J connectivity index is 1.87. The number of nitrogens with zero attached hydrogens (tertiary/aromatic N) is 1. The van der Waals surface area contributed by atoms with Crippen molar-refractivity contribution < 1.29 is 0 Å². The van der Waals surface area contributed by atoms with E-state index in [2.05, 4.69) is 34.7 Å². The summed E-state index contributed by atoms with van der Waals surface area (Å²) in [4.78, 5) is 4.41. The molecule has 118 valence electrons. The molecule has 2 nitrogen and oxygen atoms in total. The third-order valence-electron chi connectivity index (χ3n) is 5.42. The van der Waals surface area contributed by atoms with Crippen LogP contribution in [0.1, 0.15) is 69.2 Å². The van der Waals surface area contributed by atoms with Gasteiger partial charge in [-0.3, -0.25) is 4.90 Å². The second-order valence-corrected chi connectivity index (χ2v) is 7.74. The molecule has 0 bridgehead atoms. The molecule has 1 aliphatic heterocycles. The van der Waals surface area contributed by atoms with Crippen LogP contribution < -0.4 is 5.32 Å². The minimum Gasteiger partial charge on any atom is -0.308 e. The summed E-state index contributed by atoms with van der Waals surface area (Å²) in [5.74, 6) is 0. The first-order valence-corrected chi connectivity index (χ1v) is 9.76. The van der Waals surface area contributed by atoms with Gasteiger partial charge in [-0.05, 0) is 63.2 Å². The highest BCUT2D eigenvalue weighted by Crippen LogP contribution is 2.46. The van der Waals surface area contributed by atoms with E-state index in [0.29, 0.717) is 11.6 Å². The van der Waals surface area contributed by atoms with Crippen molar-refractivity contribution in [1.29, 1.82) is 0 Å². The molecular formula is C18H30N2S. The lowest BCUT2D eigenvalue weighted by atomic mass is 9.83. The van der Waals surface area contributed by atoms with Crippen LogP contribution in [0.15, 0.2) is 17.5 Å². The monoisotopic (exact) mass is 306 g/mol. The highest BCUT2D eigenvalue weighted by molar-refractivity contribution is 7.10. The normalized spacial score (nSPS) is 24.2. The Kier molecular flexibility index (Phi) is 5.36. The Morgan fingerprint density at radius 1 is 1.19 bits per heavy atom. The van der Waals surface area contributed by atoms with Gasteiger partial charge in [0.2, 0.25) is 0 Å². The molecule has 1 saturated carbocycles. The van der Waals surface area contributed by atoms with E-state index in [1.165, 1.54) is 64.5 Å². The van der Waals surface area contributed by atoms with Crippen molar-refractivity contribution in [3.8, 4) is 0 Å². The van der Waals surface area contributed by atoms with Gasteiger partial charge in [0.1, 0.15) is 0 Å². The summed E-state index contributed by atoms with van der Waals surface area (Å²) in [6, 6.07) is 5.11. The van der Waals surface area contributed by atoms with E-state index in [-0.39, 0.29) is 0 Å². The minimum absolute atomic E-state index is 0.389. The molecular weight excluding hydrogens is 276 g/mol. The molecule has 1 saturated heterocycles. The molecule has 3 rings (SSSR count). The van der Waals surface area contributed by atoms with E-state index < -0.39 is 0 Å². The van der Waals surface area contributed by atoms with Gasteiger partial charge in [-0.1, -0.05) is 32.3 Å². The Morgan fingerprint density at radius 3 is 2.57 bits per heavy atom. The van der Waals surface area contributed by atoms with E-state index in [1.54, 1.807) is 4.88 Å². The van der Waals surface area contributed by atoms with Crippen LogP contribution in [0, 0.1) is 0 Å². The van der Waals surface area contributed by atoms with Crippen molar-refractivity contribution >= 4 is 11.3 Å². The van der Waals surface area contributed by atoms with Crippen molar-refractivity contribution in [3.05, 3.63) is 22.4 Å². The molecule has 0 aromatic carbocycles. The van der Waals surface area contributed by atoms with Gasteiger partial charge in [0.15, 0.2) is 0 Å². The molecule has 2 fully saturated rings. The molecule has 1 unspecified atom stereocenters. The molecule has 1 aromatic heterocycles.